The van der Waals surface area contributed by atoms with Crippen molar-refractivity contribution in [3.8, 4) is 0 Å². The van der Waals surface area contributed by atoms with Crippen LogP contribution < -0.4 is 10.0 Å². The van der Waals surface area contributed by atoms with Crippen molar-refractivity contribution in [2.75, 3.05) is 6.54 Å². The molecule has 0 heterocycles. The van der Waals surface area contributed by atoms with E-state index in [1.807, 2.05) is 6.92 Å². The maximum Gasteiger partial charge on any atom is 0.326 e. The summed E-state index contributed by atoms with van der Waals surface area (Å²) in [5, 5.41) is 11.4. The first-order valence-corrected chi connectivity index (χ1v) is 8.54. The second-order valence-corrected chi connectivity index (χ2v) is 6.58. The highest BCUT2D eigenvalue weighted by Gasteiger charge is 2.20. The largest absolute Gasteiger partial charge is 0.480 e. The average Bonchev–Trinajstić information content (AvgIpc) is 2.52. The Bertz CT molecular complexity index is 668. The molecular weight excluding hydrogens is 320 g/mol. The van der Waals surface area contributed by atoms with Crippen LogP contribution in [0, 0.1) is 0 Å². The van der Waals surface area contributed by atoms with Gasteiger partial charge in [-0.3, -0.25) is 4.79 Å². The van der Waals surface area contributed by atoms with E-state index in [-0.39, 0.29) is 17.0 Å². The maximum atomic E-state index is 12.0. The van der Waals surface area contributed by atoms with Crippen molar-refractivity contribution in [2.24, 2.45) is 0 Å². The van der Waals surface area contributed by atoms with Gasteiger partial charge in [-0.2, -0.15) is 0 Å². The van der Waals surface area contributed by atoms with Gasteiger partial charge in [0.1, 0.15) is 6.04 Å². The summed E-state index contributed by atoms with van der Waals surface area (Å²) >= 11 is 0. The Labute approximate surface area is 135 Å². The van der Waals surface area contributed by atoms with Crippen molar-refractivity contribution in [2.45, 2.75) is 30.7 Å². The predicted molar refractivity (Wildman–Crippen MR) is 85.6 cm³/mol. The zero-order chi connectivity index (χ0) is 17.5. The number of hydrogen-bond acceptors (Lipinski definition) is 4. The fourth-order valence-corrected chi connectivity index (χ4v) is 2.82. The van der Waals surface area contributed by atoms with Gasteiger partial charge in [0, 0.05) is 12.1 Å². The van der Waals surface area contributed by atoms with Crippen LogP contribution in [0.25, 0.3) is 0 Å². The minimum Gasteiger partial charge on any atom is -0.480 e. The van der Waals surface area contributed by atoms with E-state index >= 15 is 0 Å². The Hall–Kier alpha value is -2.19. The van der Waals surface area contributed by atoms with Crippen molar-refractivity contribution in [3.63, 3.8) is 0 Å². The van der Waals surface area contributed by atoms with Gasteiger partial charge < -0.3 is 10.4 Å². The van der Waals surface area contributed by atoms with Crippen LogP contribution in [0.3, 0.4) is 0 Å². The van der Waals surface area contributed by atoms with Gasteiger partial charge in [0.2, 0.25) is 10.0 Å². The van der Waals surface area contributed by atoms with E-state index in [4.69, 9.17) is 5.11 Å². The highest BCUT2D eigenvalue weighted by atomic mass is 32.2. The van der Waals surface area contributed by atoms with E-state index in [0.29, 0.717) is 12.8 Å². The molecule has 1 aromatic carbocycles. The number of carboxylic acid groups (broad SMARTS) is 1. The highest BCUT2D eigenvalue weighted by molar-refractivity contribution is 7.89. The third-order valence-corrected chi connectivity index (χ3v) is 4.46. The minimum atomic E-state index is -3.66. The lowest BCUT2D eigenvalue weighted by atomic mass is 10.1. The molecule has 1 rings (SSSR count). The Balaban J connectivity index is 2.85. The van der Waals surface area contributed by atoms with E-state index in [2.05, 4.69) is 16.6 Å². The number of nitrogens with one attached hydrogen (secondary N) is 2. The summed E-state index contributed by atoms with van der Waals surface area (Å²) in [6.45, 7) is 5.34. The first kappa shape index (κ1) is 18.9. The topological polar surface area (TPSA) is 113 Å². The number of carboxylic acids is 1. The molecule has 0 aliphatic rings. The third-order valence-electron chi connectivity index (χ3n) is 3.03. The summed E-state index contributed by atoms with van der Waals surface area (Å²) in [6.07, 6.45) is 2.35. The van der Waals surface area contributed by atoms with Crippen molar-refractivity contribution >= 4 is 21.9 Å². The molecule has 0 saturated heterocycles. The molecule has 0 fully saturated rings. The molecule has 0 spiro atoms. The van der Waals surface area contributed by atoms with Crippen LogP contribution in [0.2, 0.25) is 0 Å². The molecule has 126 valence electrons. The molecule has 0 bridgehead atoms. The first-order valence-electron chi connectivity index (χ1n) is 7.06. The number of benzene rings is 1. The Morgan fingerprint density at radius 3 is 2.39 bits per heavy atom. The van der Waals surface area contributed by atoms with Crippen LogP contribution >= 0.6 is 0 Å². The molecule has 7 nitrogen and oxygen atoms in total. The molecule has 1 aromatic rings. The van der Waals surface area contributed by atoms with Gasteiger partial charge in [0.25, 0.3) is 5.91 Å². The van der Waals surface area contributed by atoms with Crippen LogP contribution in [0.5, 0.6) is 0 Å². The zero-order valence-electron chi connectivity index (χ0n) is 12.8. The quantitative estimate of drug-likeness (QED) is 0.583. The normalized spacial score (nSPS) is 12.4. The number of carbonyl (C=O) groups excluding carboxylic acids is 1. The number of sulfonamides is 1. The number of amides is 1. The summed E-state index contributed by atoms with van der Waals surface area (Å²) in [5.74, 6) is -1.66. The summed E-state index contributed by atoms with van der Waals surface area (Å²) < 4.78 is 26.1. The fraction of sp³-hybridized carbons (Fsp3) is 0.333. The van der Waals surface area contributed by atoms with E-state index in [1.54, 1.807) is 0 Å². The third kappa shape index (κ3) is 5.50. The van der Waals surface area contributed by atoms with Gasteiger partial charge in [-0.15, -0.1) is 6.58 Å². The van der Waals surface area contributed by atoms with Crippen LogP contribution in [-0.2, 0) is 14.8 Å². The number of hydrogen-bond donors (Lipinski definition) is 3. The van der Waals surface area contributed by atoms with Gasteiger partial charge in [-0.1, -0.05) is 19.4 Å². The van der Waals surface area contributed by atoms with E-state index in [9.17, 15) is 18.0 Å². The zero-order valence-corrected chi connectivity index (χ0v) is 13.6. The molecule has 1 atom stereocenters. The minimum absolute atomic E-state index is 0.0132. The molecule has 0 aromatic heterocycles. The van der Waals surface area contributed by atoms with Gasteiger partial charge in [0.15, 0.2) is 0 Å². The molecule has 0 aliphatic carbocycles. The summed E-state index contributed by atoms with van der Waals surface area (Å²) in [4.78, 5) is 23.1. The van der Waals surface area contributed by atoms with Crippen LogP contribution in [0.15, 0.2) is 41.8 Å². The van der Waals surface area contributed by atoms with Crippen molar-refractivity contribution < 1.29 is 23.1 Å². The summed E-state index contributed by atoms with van der Waals surface area (Å²) in [5.41, 5.74) is 0.190. The smallest absolute Gasteiger partial charge is 0.326 e. The standard InChI is InChI=1S/C15H20N2O5S/c1-3-5-13(15(19)20)17-14(18)11-6-8-12(9-7-11)23(21,22)16-10-4-2/h4,6-9,13,16H,2-3,5,10H2,1H3,(H,17,18)(H,19,20). The SMILES string of the molecule is C=CCNS(=O)(=O)c1ccc(C(=O)NC(CCC)C(=O)O)cc1. The number of aliphatic carboxylic acids is 1. The molecule has 0 radical (unpaired) electrons. The van der Waals surface area contributed by atoms with Crippen LogP contribution in [0.1, 0.15) is 30.1 Å². The number of carbonyl (C=O) groups is 2. The fourth-order valence-electron chi connectivity index (χ4n) is 1.83. The highest BCUT2D eigenvalue weighted by Crippen LogP contribution is 2.11. The molecule has 0 aliphatic heterocycles. The molecule has 3 N–H and O–H groups in total. The molecule has 0 saturated carbocycles. The second kappa shape index (κ2) is 8.44. The lowest BCUT2D eigenvalue weighted by Gasteiger charge is -2.13. The Morgan fingerprint density at radius 1 is 1.30 bits per heavy atom. The van der Waals surface area contributed by atoms with Crippen molar-refractivity contribution in [1.29, 1.82) is 0 Å². The van der Waals surface area contributed by atoms with Crippen LogP contribution in [-0.4, -0.2) is 38.0 Å². The monoisotopic (exact) mass is 340 g/mol. The average molecular weight is 340 g/mol. The summed E-state index contributed by atoms with van der Waals surface area (Å²) in [7, 11) is -3.66. The van der Waals surface area contributed by atoms with Crippen molar-refractivity contribution in [1.82, 2.24) is 10.0 Å². The maximum absolute atomic E-state index is 12.0. The van der Waals surface area contributed by atoms with Gasteiger partial charge in [-0.25, -0.2) is 17.9 Å². The van der Waals surface area contributed by atoms with Gasteiger partial charge in [0.05, 0.1) is 4.90 Å². The first-order chi connectivity index (χ1) is 10.8. The number of rotatable bonds is 9. The van der Waals surface area contributed by atoms with E-state index < -0.39 is 27.9 Å². The molecule has 1 amide bonds. The summed E-state index contributed by atoms with van der Waals surface area (Å²) in [6, 6.07) is 4.28. The molecule has 1 unspecified atom stereocenters. The Kier molecular flexibility index (Phi) is 6.92. The van der Waals surface area contributed by atoms with Crippen LogP contribution in [0.4, 0.5) is 0 Å². The lowest BCUT2D eigenvalue weighted by Crippen LogP contribution is -2.40. The van der Waals surface area contributed by atoms with Gasteiger partial charge in [-0.05, 0) is 30.7 Å². The predicted octanol–water partition coefficient (Wildman–Crippen LogP) is 1.13. The van der Waals surface area contributed by atoms with Gasteiger partial charge >= 0.3 is 5.97 Å². The molecular formula is C15H20N2O5S. The van der Waals surface area contributed by atoms with E-state index in [0.717, 1.165) is 0 Å². The van der Waals surface area contributed by atoms with E-state index in [1.165, 1.54) is 30.3 Å². The molecule has 23 heavy (non-hydrogen) atoms. The second-order valence-electron chi connectivity index (χ2n) is 4.82. The molecule has 8 heteroatoms. The van der Waals surface area contributed by atoms with Crippen molar-refractivity contribution in [3.05, 3.63) is 42.5 Å². The lowest BCUT2D eigenvalue weighted by molar-refractivity contribution is -0.139. The Morgan fingerprint density at radius 2 is 1.91 bits per heavy atom.